The van der Waals surface area contributed by atoms with E-state index >= 15 is 0 Å². The molecule has 1 saturated heterocycles. The molecule has 0 radical (unpaired) electrons. The van der Waals surface area contributed by atoms with Gasteiger partial charge in [0.05, 0.1) is 11.3 Å². The molecular weight excluding hydrogens is 334 g/mol. The van der Waals surface area contributed by atoms with Gasteiger partial charge >= 0.3 is 0 Å². The molecule has 0 bridgehead atoms. The molecular formula is C23H23N3O. The number of aryl methyl sites for hydroxylation is 1. The van der Waals surface area contributed by atoms with E-state index in [1.807, 2.05) is 60.5 Å². The van der Waals surface area contributed by atoms with E-state index in [0.29, 0.717) is 5.92 Å². The fourth-order valence-electron chi connectivity index (χ4n) is 3.89. The van der Waals surface area contributed by atoms with E-state index in [1.54, 1.807) is 12.4 Å². The summed E-state index contributed by atoms with van der Waals surface area (Å²) in [6.45, 7) is 3.51. The van der Waals surface area contributed by atoms with Gasteiger partial charge in [0.1, 0.15) is 0 Å². The summed E-state index contributed by atoms with van der Waals surface area (Å²) in [5, 5.41) is 0. The fourth-order valence-corrected chi connectivity index (χ4v) is 3.89. The molecule has 1 amide bonds. The minimum atomic E-state index is 0.0909. The molecule has 4 heteroatoms. The number of carbonyl (C=O) groups is 1. The second-order valence-corrected chi connectivity index (χ2v) is 7.16. The van der Waals surface area contributed by atoms with Gasteiger partial charge in [-0.2, -0.15) is 0 Å². The van der Waals surface area contributed by atoms with Crippen LogP contribution in [0.4, 0.5) is 0 Å². The molecule has 1 unspecified atom stereocenters. The van der Waals surface area contributed by atoms with Crippen LogP contribution in [-0.4, -0.2) is 33.9 Å². The van der Waals surface area contributed by atoms with E-state index in [-0.39, 0.29) is 5.91 Å². The van der Waals surface area contributed by atoms with Crippen molar-refractivity contribution in [3.63, 3.8) is 0 Å². The molecule has 27 heavy (non-hydrogen) atoms. The molecule has 1 atom stereocenters. The van der Waals surface area contributed by atoms with E-state index < -0.39 is 0 Å². The summed E-state index contributed by atoms with van der Waals surface area (Å²) in [6.07, 6.45) is 7.49. The predicted molar refractivity (Wildman–Crippen MR) is 106 cm³/mol. The van der Waals surface area contributed by atoms with E-state index in [1.165, 1.54) is 5.56 Å². The van der Waals surface area contributed by atoms with Crippen molar-refractivity contribution in [2.75, 3.05) is 13.1 Å². The molecule has 1 fully saturated rings. The van der Waals surface area contributed by atoms with Gasteiger partial charge < -0.3 is 4.90 Å². The number of likely N-dealkylation sites (tertiary alicyclic amines) is 1. The van der Waals surface area contributed by atoms with Crippen molar-refractivity contribution in [1.29, 1.82) is 0 Å². The quantitative estimate of drug-likeness (QED) is 0.704. The molecule has 4 nitrogen and oxygen atoms in total. The molecule has 0 aliphatic carbocycles. The molecule has 1 aromatic carbocycles. The molecule has 3 heterocycles. The lowest BCUT2D eigenvalue weighted by Gasteiger charge is -2.20. The van der Waals surface area contributed by atoms with Crippen LogP contribution >= 0.6 is 0 Å². The van der Waals surface area contributed by atoms with Crippen molar-refractivity contribution >= 4 is 5.91 Å². The topological polar surface area (TPSA) is 46.1 Å². The number of carbonyl (C=O) groups excluding carboxylic acids is 1. The number of amides is 1. The Hall–Kier alpha value is -3.01. The van der Waals surface area contributed by atoms with Crippen molar-refractivity contribution in [2.45, 2.75) is 19.8 Å². The molecule has 2 aromatic heterocycles. The van der Waals surface area contributed by atoms with Gasteiger partial charge in [0.15, 0.2) is 0 Å². The molecule has 4 rings (SSSR count). The van der Waals surface area contributed by atoms with Gasteiger partial charge in [0.25, 0.3) is 5.91 Å². The number of rotatable bonds is 4. The standard InChI is InChI=1S/C23H23N3O/c1-17-22(21(9-12-25-17)20-7-3-2-4-8-20)23(27)26-13-10-19(16-26)14-18-6-5-11-24-15-18/h2-9,11-12,15,19H,10,13-14,16H2,1H3. The number of aromatic nitrogens is 2. The van der Waals surface area contributed by atoms with Crippen LogP contribution in [0.1, 0.15) is 28.0 Å². The van der Waals surface area contributed by atoms with Crippen molar-refractivity contribution in [3.8, 4) is 11.1 Å². The first-order valence-corrected chi connectivity index (χ1v) is 9.41. The number of benzene rings is 1. The zero-order chi connectivity index (χ0) is 18.6. The predicted octanol–water partition coefficient (Wildman–Crippen LogP) is 4.16. The lowest BCUT2D eigenvalue weighted by molar-refractivity contribution is 0.0786. The molecule has 1 aliphatic heterocycles. The number of hydrogen-bond acceptors (Lipinski definition) is 3. The normalized spacial score (nSPS) is 16.5. The Morgan fingerprint density at radius 2 is 1.96 bits per heavy atom. The summed E-state index contributed by atoms with van der Waals surface area (Å²) in [7, 11) is 0. The maximum atomic E-state index is 13.3. The van der Waals surface area contributed by atoms with Crippen LogP contribution in [0.25, 0.3) is 11.1 Å². The van der Waals surface area contributed by atoms with Gasteiger partial charge in [-0.05, 0) is 54.5 Å². The summed E-state index contributed by atoms with van der Waals surface area (Å²) in [5.41, 5.74) is 4.77. The first-order valence-electron chi connectivity index (χ1n) is 9.41. The Morgan fingerprint density at radius 3 is 2.74 bits per heavy atom. The maximum absolute atomic E-state index is 13.3. The van der Waals surface area contributed by atoms with Crippen molar-refractivity contribution in [2.24, 2.45) is 5.92 Å². The molecule has 136 valence electrons. The Bertz CT molecular complexity index is 925. The lowest BCUT2D eigenvalue weighted by Crippen LogP contribution is -2.30. The second kappa shape index (κ2) is 7.70. The van der Waals surface area contributed by atoms with Crippen LogP contribution in [-0.2, 0) is 6.42 Å². The van der Waals surface area contributed by atoms with Crippen LogP contribution in [0.2, 0.25) is 0 Å². The zero-order valence-corrected chi connectivity index (χ0v) is 15.5. The summed E-state index contributed by atoms with van der Waals surface area (Å²) >= 11 is 0. The van der Waals surface area contributed by atoms with Gasteiger partial charge in [0.2, 0.25) is 0 Å². The third kappa shape index (κ3) is 3.75. The summed E-state index contributed by atoms with van der Waals surface area (Å²) in [6, 6.07) is 16.1. The SMILES string of the molecule is Cc1nccc(-c2ccccc2)c1C(=O)N1CCC(Cc2cccnc2)C1. The van der Waals surface area contributed by atoms with Crippen LogP contribution < -0.4 is 0 Å². The lowest BCUT2D eigenvalue weighted by atomic mass is 9.98. The third-order valence-electron chi connectivity index (χ3n) is 5.26. The van der Waals surface area contributed by atoms with E-state index in [4.69, 9.17) is 0 Å². The van der Waals surface area contributed by atoms with Crippen LogP contribution in [0.3, 0.4) is 0 Å². The monoisotopic (exact) mass is 357 g/mol. The average Bonchev–Trinajstić information content (AvgIpc) is 3.17. The number of nitrogens with zero attached hydrogens (tertiary/aromatic N) is 3. The van der Waals surface area contributed by atoms with Crippen LogP contribution in [0.5, 0.6) is 0 Å². The van der Waals surface area contributed by atoms with E-state index in [9.17, 15) is 4.79 Å². The highest BCUT2D eigenvalue weighted by atomic mass is 16.2. The Labute approximate surface area is 159 Å². The first-order chi connectivity index (χ1) is 13.2. The fraction of sp³-hybridized carbons (Fsp3) is 0.261. The highest BCUT2D eigenvalue weighted by molar-refractivity contribution is 6.01. The second-order valence-electron chi connectivity index (χ2n) is 7.16. The maximum Gasteiger partial charge on any atom is 0.256 e. The van der Waals surface area contributed by atoms with Gasteiger partial charge in [-0.3, -0.25) is 14.8 Å². The first kappa shape index (κ1) is 17.4. The van der Waals surface area contributed by atoms with Crippen molar-refractivity contribution in [1.82, 2.24) is 14.9 Å². The molecule has 3 aromatic rings. The van der Waals surface area contributed by atoms with E-state index in [2.05, 4.69) is 16.0 Å². The van der Waals surface area contributed by atoms with Crippen LogP contribution in [0.15, 0.2) is 67.1 Å². The summed E-state index contributed by atoms with van der Waals surface area (Å²) in [5.74, 6) is 0.573. The third-order valence-corrected chi connectivity index (χ3v) is 5.26. The highest BCUT2D eigenvalue weighted by Gasteiger charge is 2.29. The average molecular weight is 357 g/mol. The number of pyridine rings is 2. The van der Waals surface area contributed by atoms with E-state index in [0.717, 1.165) is 48.3 Å². The van der Waals surface area contributed by atoms with Gasteiger partial charge in [-0.1, -0.05) is 36.4 Å². The Kier molecular flexibility index (Phi) is 4.97. The smallest absolute Gasteiger partial charge is 0.256 e. The molecule has 0 N–H and O–H groups in total. The van der Waals surface area contributed by atoms with Crippen LogP contribution in [0, 0.1) is 12.8 Å². The summed E-state index contributed by atoms with van der Waals surface area (Å²) < 4.78 is 0. The van der Waals surface area contributed by atoms with Crippen molar-refractivity contribution in [3.05, 3.63) is 83.9 Å². The molecule has 1 aliphatic rings. The van der Waals surface area contributed by atoms with Gasteiger partial charge in [-0.15, -0.1) is 0 Å². The van der Waals surface area contributed by atoms with Crippen molar-refractivity contribution < 1.29 is 4.79 Å². The number of hydrogen-bond donors (Lipinski definition) is 0. The minimum absolute atomic E-state index is 0.0909. The van der Waals surface area contributed by atoms with Gasteiger partial charge in [0, 0.05) is 31.7 Å². The summed E-state index contributed by atoms with van der Waals surface area (Å²) in [4.78, 5) is 23.9. The van der Waals surface area contributed by atoms with Gasteiger partial charge in [-0.25, -0.2) is 0 Å². The zero-order valence-electron chi connectivity index (χ0n) is 15.5. The Balaban J connectivity index is 1.55. The molecule has 0 spiro atoms. The highest BCUT2D eigenvalue weighted by Crippen LogP contribution is 2.29. The largest absolute Gasteiger partial charge is 0.338 e. The molecule has 0 saturated carbocycles. The Morgan fingerprint density at radius 1 is 1.11 bits per heavy atom. The minimum Gasteiger partial charge on any atom is -0.338 e.